The second-order valence-electron chi connectivity index (χ2n) is 6.73. The molecule has 1 saturated heterocycles. The molecule has 1 heterocycles. The monoisotopic (exact) mass is 384 g/mol. The van der Waals surface area contributed by atoms with Gasteiger partial charge in [0.1, 0.15) is 0 Å². The van der Waals surface area contributed by atoms with E-state index in [4.69, 9.17) is 0 Å². The highest BCUT2D eigenvalue weighted by atomic mass is 32.2. The van der Waals surface area contributed by atoms with Crippen LogP contribution in [-0.4, -0.2) is 32.3 Å². The minimum Gasteiger partial charge on any atom is -0.332 e. The van der Waals surface area contributed by atoms with Gasteiger partial charge in [0.15, 0.2) is 0 Å². The van der Waals surface area contributed by atoms with Gasteiger partial charge in [0.05, 0.1) is 10.9 Å². The maximum absolute atomic E-state index is 13.0. The molecule has 6 heteroatoms. The summed E-state index contributed by atoms with van der Waals surface area (Å²) < 4.78 is 26.7. The third kappa shape index (κ3) is 4.28. The quantitative estimate of drug-likeness (QED) is 0.776. The fourth-order valence-corrected chi connectivity index (χ4v) is 4.34. The molecule has 1 aliphatic rings. The van der Waals surface area contributed by atoms with E-state index in [1.54, 1.807) is 12.1 Å². The molecule has 1 unspecified atom stereocenters. The SMILES string of the molecule is C=CCNS(=O)(=O)c1ccc(C(=O)N2CCCC2c2ccc(C)cc2)cc1. The van der Waals surface area contributed by atoms with Crippen LogP contribution < -0.4 is 4.72 Å². The summed E-state index contributed by atoms with van der Waals surface area (Å²) in [6.07, 6.45) is 3.38. The van der Waals surface area contributed by atoms with Crippen molar-refractivity contribution in [1.82, 2.24) is 9.62 Å². The average Bonchev–Trinajstić information content (AvgIpc) is 3.16. The Morgan fingerprint density at radius 1 is 1.19 bits per heavy atom. The predicted molar refractivity (Wildman–Crippen MR) is 106 cm³/mol. The molecule has 0 radical (unpaired) electrons. The van der Waals surface area contributed by atoms with Crippen molar-refractivity contribution < 1.29 is 13.2 Å². The van der Waals surface area contributed by atoms with Gasteiger partial charge in [-0.3, -0.25) is 4.79 Å². The van der Waals surface area contributed by atoms with Crippen LogP contribution in [0.5, 0.6) is 0 Å². The molecule has 142 valence electrons. The molecule has 3 rings (SSSR count). The van der Waals surface area contributed by atoms with Crippen molar-refractivity contribution in [1.29, 1.82) is 0 Å². The zero-order chi connectivity index (χ0) is 19.4. The fourth-order valence-electron chi connectivity index (χ4n) is 3.34. The van der Waals surface area contributed by atoms with E-state index in [0.29, 0.717) is 12.1 Å². The van der Waals surface area contributed by atoms with Crippen LogP contribution in [0.25, 0.3) is 0 Å². The third-order valence-electron chi connectivity index (χ3n) is 4.81. The molecule has 1 amide bonds. The summed E-state index contributed by atoms with van der Waals surface area (Å²) in [7, 11) is -3.59. The Balaban J connectivity index is 1.79. The molecule has 2 aromatic rings. The number of nitrogens with zero attached hydrogens (tertiary/aromatic N) is 1. The standard InChI is InChI=1S/C21H24N2O3S/c1-3-14-22-27(25,26)19-12-10-18(11-13-19)21(24)23-15-4-5-20(23)17-8-6-16(2)7-9-17/h3,6-13,20,22H,1,4-5,14-15H2,2H3. The van der Waals surface area contributed by atoms with E-state index in [9.17, 15) is 13.2 Å². The molecule has 0 spiro atoms. The smallest absolute Gasteiger partial charge is 0.254 e. The van der Waals surface area contributed by atoms with Crippen LogP contribution in [0.2, 0.25) is 0 Å². The summed E-state index contributed by atoms with van der Waals surface area (Å²) in [5.41, 5.74) is 2.83. The van der Waals surface area contributed by atoms with Gasteiger partial charge in [-0.15, -0.1) is 6.58 Å². The maximum atomic E-state index is 13.0. The topological polar surface area (TPSA) is 66.5 Å². The van der Waals surface area contributed by atoms with Gasteiger partial charge in [-0.25, -0.2) is 13.1 Å². The lowest BCUT2D eigenvalue weighted by molar-refractivity contribution is 0.0735. The summed E-state index contributed by atoms with van der Waals surface area (Å²) in [6.45, 7) is 6.41. The van der Waals surface area contributed by atoms with Crippen molar-refractivity contribution in [3.8, 4) is 0 Å². The lowest BCUT2D eigenvalue weighted by Gasteiger charge is -2.25. The minimum absolute atomic E-state index is 0.0655. The molecule has 27 heavy (non-hydrogen) atoms. The number of aryl methyl sites for hydroxylation is 1. The third-order valence-corrected chi connectivity index (χ3v) is 6.24. The van der Waals surface area contributed by atoms with Crippen LogP contribution in [0.3, 0.4) is 0 Å². The Morgan fingerprint density at radius 2 is 1.85 bits per heavy atom. The van der Waals surface area contributed by atoms with Gasteiger partial charge in [0, 0.05) is 18.7 Å². The first-order valence-electron chi connectivity index (χ1n) is 9.00. The number of carbonyl (C=O) groups is 1. The largest absolute Gasteiger partial charge is 0.332 e. The molecule has 1 aliphatic heterocycles. The summed E-state index contributed by atoms with van der Waals surface area (Å²) in [5.74, 6) is -0.0685. The number of hydrogen-bond donors (Lipinski definition) is 1. The van der Waals surface area contributed by atoms with Crippen LogP contribution in [0.4, 0.5) is 0 Å². The first-order chi connectivity index (χ1) is 12.9. The summed E-state index contributed by atoms with van der Waals surface area (Å²) in [6, 6.07) is 14.4. The Morgan fingerprint density at radius 3 is 2.48 bits per heavy atom. The van der Waals surface area contributed by atoms with E-state index in [1.165, 1.54) is 23.8 Å². The van der Waals surface area contributed by atoms with Crippen LogP contribution >= 0.6 is 0 Å². The second-order valence-corrected chi connectivity index (χ2v) is 8.50. The second kappa shape index (κ2) is 8.06. The lowest BCUT2D eigenvalue weighted by atomic mass is 10.0. The molecular weight excluding hydrogens is 360 g/mol. The molecule has 1 atom stereocenters. The number of likely N-dealkylation sites (tertiary alicyclic amines) is 1. The summed E-state index contributed by atoms with van der Waals surface area (Å²) >= 11 is 0. The predicted octanol–water partition coefficient (Wildman–Crippen LogP) is 3.44. The molecule has 1 N–H and O–H groups in total. The first kappa shape index (κ1) is 19.3. The molecule has 0 aromatic heterocycles. The van der Waals surface area contributed by atoms with Crippen LogP contribution in [0.1, 0.15) is 40.4 Å². The van der Waals surface area contributed by atoms with Crippen molar-refractivity contribution in [2.75, 3.05) is 13.1 Å². The van der Waals surface area contributed by atoms with Crippen LogP contribution in [0.15, 0.2) is 66.1 Å². The van der Waals surface area contributed by atoms with Crippen molar-refractivity contribution in [2.24, 2.45) is 0 Å². The van der Waals surface area contributed by atoms with E-state index in [0.717, 1.165) is 18.4 Å². The average molecular weight is 385 g/mol. The Labute approximate surface area is 160 Å². The number of sulfonamides is 1. The minimum atomic E-state index is -3.59. The Bertz CT molecular complexity index is 919. The Kier molecular flexibility index (Phi) is 5.77. The van der Waals surface area contributed by atoms with Crippen LogP contribution in [-0.2, 0) is 10.0 Å². The lowest BCUT2D eigenvalue weighted by Crippen LogP contribution is -2.30. The van der Waals surface area contributed by atoms with Crippen LogP contribution in [0, 0.1) is 6.92 Å². The highest BCUT2D eigenvalue weighted by Gasteiger charge is 2.30. The van der Waals surface area contributed by atoms with E-state index < -0.39 is 10.0 Å². The maximum Gasteiger partial charge on any atom is 0.254 e. The molecule has 5 nitrogen and oxygen atoms in total. The number of hydrogen-bond acceptors (Lipinski definition) is 3. The van der Waals surface area contributed by atoms with Gasteiger partial charge in [0.25, 0.3) is 5.91 Å². The first-order valence-corrected chi connectivity index (χ1v) is 10.5. The van der Waals surface area contributed by atoms with Gasteiger partial charge in [-0.2, -0.15) is 0 Å². The molecule has 0 aliphatic carbocycles. The number of amides is 1. The normalized spacial score (nSPS) is 17.1. The van der Waals surface area contributed by atoms with Crippen molar-refractivity contribution in [3.05, 3.63) is 77.9 Å². The van der Waals surface area contributed by atoms with E-state index >= 15 is 0 Å². The molecule has 0 bridgehead atoms. The van der Waals surface area contributed by atoms with Gasteiger partial charge >= 0.3 is 0 Å². The molecule has 0 saturated carbocycles. The van der Waals surface area contributed by atoms with E-state index in [2.05, 4.69) is 35.6 Å². The van der Waals surface area contributed by atoms with Gasteiger partial charge in [-0.1, -0.05) is 35.9 Å². The molecular formula is C21H24N2O3S. The van der Waals surface area contributed by atoms with Crippen molar-refractivity contribution >= 4 is 15.9 Å². The van der Waals surface area contributed by atoms with Crippen molar-refractivity contribution in [2.45, 2.75) is 30.7 Å². The van der Waals surface area contributed by atoms with E-state index in [1.807, 2.05) is 11.8 Å². The fraction of sp³-hybridized carbons (Fsp3) is 0.286. The van der Waals surface area contributed by atoms with Gasteiger partial charge < -0.3 is 4.90 Å². The zero-order valence-electron chi connectivity index (χ0n) is 15.4. The number of carbonyl (C=O) groups excluding carboxylic acids is 1. The molecule has 2 aromatic carbocycles. The van der Waals surface area contributed by atoms with Gasteiger partial charge in [0.2, 0.25) is 10.0 Å². The van der Waals surface area contributed by atoms with Gasteiger partial charge in [-0.05, 0) is 49.6 Å². The number of nitrogens with one attached hydrogen (secondary N) is 1. The van der Waals surface area contributed by atoms with Crippen molar-refractivity contribution in [3.63, 3.8) is 0 Å². The zero-order valence-corrected chi connectivity index (χ0v) is 16.2. The number of rotatable bonds is 6. The summed E-state index contributed by atoms with van der Waals surface area (Å²) in [5, 5.41) is 0. The highest BCUT2D eigenvalue weighted by molar-refractivity contribution is 7.89. The number of benzene rings is 2. The van der Waals surface area contributed by atoms with E-state index in [-0.39, 0.29) is 23.4 Å². The highest BCUT2D eigenvalue weighted by Crippen LogP contribution is 2.33. The Hall–Kier alpha value is -2.44. The molecule has 1 fully saturated rings. The summed E-state index contributed by atoms with van der Waals surface area (Å²) in [4.78, 5) is 15.0.